The Bertz CT molecular complexity index is 677. The molecule has 0 N–H and O–H groups in total. The Morgan fingerprint density at radius 1 is 1.31 bits per heavy atom. The second-order valence-corrected chi connectivity index (χ2v) is 7.92. The minimum atomic E-state index is -0.499. The first kappa shape index (κ1) is 18.8. The number of hydrogen-bond acceptors (Lipinski definition) is 4. The summed E-state index contributed by atoms with van der Waals surface area (Å²) in [6.07, 6.45) is 3.62. The van der Waals surface area contributed by atoms with Crippen LogP contribution in [-0.2, 0) is 9.47 Å². The smallest absolute Gasteiger partial charge is 0.411 e. The number of ether oxygens (including phenoxy) is 3. The van der Waals surface area contributed by atoms with Gasteiger partial charge in [-0.15, -0.1) is 0 Å². The van der Waals surface area contributed by atoms with E-state index in [1.807, 2.05) is 37.8 Å². The van der Waals surface area contributed by atoms with Crippen molar-refractivity contribution < 1.29 is 19.0 Å². The number of morpholine rings is 1. The molecule has 5 nitrogen and oxygen atoms in total. The highest BCUT2D eigenvalue weighted by Crippen LogP contribution is 2.34. The normalized spacial score (nSPS) is 22.6. The maximum Gasteiger partial charge on any atom is 0.411 e. The Morgan fingerprint density at radius 3 is 2.81 bits per heavy atom. The molecule has 1 fully saturated rings. The van der Waals surface area contributed by atoms with E-state index >= 15 is 0 Å². The lowest BCUT2D eigenvalue weighted by Gasteiger charge is -2.44. The lowest BCUT2D eigenvalue weighted by molar-refractivity contribution is -0.0510. The minimum Gasteiger partial charge on any atom is -0.494 e. The zero-order valence-corrected chi connectivity index (χ0v) is 16.2. The molecule has 2 atom stereocenters. The van der Waals surface area contributed by atoms with Gasteiger partial charge in [-0.25, -0.2) is 4.79 Å². The molecular formula is C21H29NO4. The molecule has 0 aromatic heterocycles. The molecule has 2 aliphatic rings. The van der Waals surface area contributed by atoms with Crippen LogP contribution >= 0.6 is 0 Å². The lowest BCUT2D eigenvalue weighted by Crippen LogP contribution is -2.57. The maximum atomic E-state index is 12.6. The Morgan fingerprint density at radius 2 is 2.12 bits per heavy atom. The number of benzene rings is 1. The standard InChI is InChI=1S/C21H29NO4/c1-5-9-25-19-8-6-7-15(12-19)16-10-17-13-24-14-18(11-16)22(17)20(23)26-21(2,3)4/h6-8,10,12,17-18H,5,9,11,13-14H2,1-4H3. The van der Waals surface area contributed by atoms with E-state index < -0.39 is 5.60 Å². The highest BCUT2D eigenvalue weighted by atomic mass is 16.6. The highest BCUT2D eigenvalue weighted by molar-refractivity contribution is 5.75. The van der Waals surface area contributed by atoms with Crippen molar-refractivity contribution in [2.45, 2.75) is 58.2 Å². The van der Waals surface area contributed by atoms with Gasteiger partial charge in [-0.05, 0) is 56.9 Å². The van der Waals surface area contributed by atoms with Gasteiger partial charge in [0.05, 0.1) is 31.9 Å². The Kier molecular flexibility index (Phi) is 5.56. The number of fused-ring (bicyclic) bond motifs is 2. The zero-order chi connectivity index (χ0) is 18.7. The zero-order valence-electron chi connectivity index (χ0n) is 16.2. The maximum absolute atomic E-state index is 12.6. The molecule has 2 aliphatic heterocycles. The van der Waals surface area contributed by atoms with Gasteiger partial charge in [-0.2, -0.15) is 0 Å². The molecule has 0 radical (unpaired) electrons. The average molecular weight is 359 g/mol. The van der Waals surface area contributed by atoms with Crippen LogP contribution in [0, 0.1) is 0 Å². The molecule has 1 aromatic rings. The summed E-state index contributed by atoms with van der Waals surface area (Å²) >= 11 is 0. The molecular weight excluding hydrogens is 330 g/mol. The summed E-state index contributed by atoms with van der Waals surface area (Å²) in [6, 6.07) is 8.11. The number of hydrogen-bond donors (Lipinski definition) is 0. The van der Waals surface area contributed by atoms with Gasteiger partial charge in [0, 0.05) is 0 Å². The number of nitrogens with zero attached hydrogens (tertiary/aromatic N) is 1. The molecule has 26 heavy (non-hydrogen) atoms. The minimum absolute atomic E-state index is 0.00353. The molecule has 0 saturated carbocycles. The number of amides is 1. The van der Waals surface area contributed by atoms with Crippen LogP contribution in [-0.4, -0.2) is 48.5 Å². The first-order valence-electron chi connectivity index (χ1n) is 9.40. The molecule has 3 rings (SSSR count). The van der Waals surface area contributed by atoms with Gasteiger partial charge in [0.1, 0.15) is 11.4 Å². The van der Waals surface area contributed by atoms with Gasteiger partial charge in [0.15, 0.2) is 0 Å². The van der Waals surface area contributed by atoms with Crippen LogP contribution in [0.2, 0.25) is 0 Å². The Labute approximate surface area is 155 Å². The van der Waals surface area contributed by atoms with E-state index in [0.717, 1.165) is 24.2 Å². The molecule has 2 bridgehead atoms. The van der Waals surface area contributed by atoms with Gasteiger partial charge in [-0.1, -0.05) is 25.1 Å². The first-order chi connectivity index (χ1) is 12.4. The van der Waals surface area contributed by atoms with Gasteiger partial charge in [0.2, 0.25) is 0 Å². The van der Waals surface area contributed by atoms with E-state index in [-0.39, 0.29) is 18.2 Å². The van der Waals surface area contributed by atoms with Crippen molar-refractivity contribution in [3.8, 4) is 5.75 Å². The summed E-state index contributed by atoms with van der Waals surface area (Å²) in [7, 11) is 0. The average Bonchev–Trinajstić information content (AvgIpc) is 2.57. The third kappa shape index (κ3) is 4.39. The van der Waals surface area contributed by atoms with Crippen LogP contribution < -0.4 is 4.74 Å². The second-order valence-electron chi connectivity index (χ2n) is 7.92. The molecule has 5 heteroatoms. The molecule has 1 saturated heterocycles. The van der Waals surface area contributed by atoms with Crippen molar-refractivity contribution in [1.82, 2.24) is 4.90 Å². The molecule has 2 heterocycles. The van der Waals surface area contributed by atoms with Crippen molar-refractivity contribution in [3.63, 3.8) is 0 Å². The fourth-order valence-corrected chi connectivity index (χ4v) is 3.41. The second kappa shape index (κ2) is 7.70. The summed E-state index contributed by atoms with van der Waals surface area (Å²) in [6.45, 7) is 9.54. The SMILES string of the molecule is CCCOc1cccc(C2=CC3COCC(C2)N3C(=O)OC(C)(C)C)c1. The van der Waals surface area contributed by atoms with Gasteiger partial charge >= 0.3 is 6.09 Å². The van der Waals surface area contributed by atoms with Gasteiger partial charge in [0.25, 0.3) is 0 Å². The Balaban J connectivity index is 1.81. The summed E-state index contributed by atoms with van der Waals surface area (Å²) in [5.74, 6) is 0.890. The third-order valence-electron chi connectivity index (χ3n) is 4.48. The van der Waals surface area contributed by atoms with Crippen LogP contribution in [0.3, 0.4) is 0 Å². The van der Waals surface area contributed by atoms with Gasteiger partial charge in [-0.3, -0.25) is 4.90 Å². The van der Waals surface area contributed by atoms with E-state index in [9.17, 15) is 4.79 Å². The van der Waals surface area contributed by atoms with Crippen molar-refractivity contribution >= 4 is 11.7 Å². The predicted octanol–water partition coefficient (Wildman–Crippen LogP) is 4.27. The van der Waals surface area contributed by atoms with Crippen molar-refractivity contribution in [2.24, 2.45) is 0 Å². The number of carbonyl (C=O) groups excluding carboxylic acids is 1. The third-order valence-corrected chi connectivity index (χ3v) is 4.48. The summed E-state index contributed by atoms with van der Waals surface area (Å²) in [5.41, 5.74) is 1.89. The molecule has 1 amide bonds. The first-order valence-corrected chi connectivity index (χ1v) is 9.40. The number of rotatable bonds is 4. The summed E-state index contributed by atoms with van der Waals surface area (Å²) in [4.78, 5) is 14.5. The quantitative estimate of drug-likeness (QED) is 0.806. The topological polar surface area (TPSA) is 48.0 Å². The highest BCUT2D eigenvalue weighted by Gasteiger charge is 2.40. The van der Waals surface area contributed by atoms with E-state index in [2.05, 4.69) is 25.1 Å². The molecule has 0 spiro atoms. The fraction of sp³-hybridized carbons (Fsp3) is 0.571. The Hall–Kier alpha value is -2.01. The van der Waals surface area contributed by atoms with Crippen LogP contribution in [0.25, 0.3) is 5.57 Å². The summed E-state index contributed by atoms with van der Waals surface area (Å²) < 4.78 is 17.0. The molecule has 2 unspecified atom stereocenters. The van der Waals surface area contributed by atoms with Crippen LogP contribution in [0.1, 0.15) is 46.1 Å². The van der Waals surface area contributed by atoms with E-state index in [4.69, 9.17) is 14.2 Å². The lowest BCUT2D eigenvalue weighted by atomic mass is 9.90. The van der Waals surface area contributed by atoms with E-state index in [1.165, 1.54) is 5.57 Å². The largest absolute Gasteiger partial charge is 0.494 e. The van der Waals surface area contributed by atoms with E-state index in [0.29, 0.717) is 19.8 Å². The van der Waals surface area contributed by atoms with Crippen molar-refractivity contribution in [1.29, 1.82) is 0 Å². The van der Waals surface area contributed by atoms with Crippen LogP contribution in [0.5, 0.6) is 5.75 Å². The van der Waals surface area contributed by atoms with Crippen LogP contribution in [0.15, 0.2) is 30.3 Å². The molecule has 0 aliphatic carbocycles. The molecule has 142 valence electrons. The predicted molar refractivity (Wildman–Crippen MR) is 101 cm³/mol. The summed E-state index contributed by atoms with van der Waals surface area (Å²) in [5, 5.41) is 0. The number of carbonyl (C=O) groups is 1. The molecule has 1 aromatic carbocycles. The van der Waals surface area contributed by atoms with Gasteiger partial charge < -0.3 is 14.2 Å². The monoisotopic (exact) mass is 359 g/mol. The fourth-order valence-electron chi connectivity index (χ4n) is 3.41. The van der Waals surface area contributed by atoms with Crippen molar-refractivity contribution in [3.05, 3.63) is 35.9 Å². The van der Waals surface area contributed by atoms with E-state index in [1.54, 1.807) is 0 Å². The van der Waals surface area contributed by atoms with Crippen molar-refractivity contribution in [2.75, 3.05) is 19.8 Å². The van der Waals surface area contributed by atoms with Crippen LogP contribution in [0.4, 0.5) is 4.79 Å².